The number of nitrogens with zero attached hydrogens (tertiary/aromatic N) is 1. The molecular weight excluding hydrogens is 418 g/mol. The average Bonchev–Trinajstić information content (AvgIpc) is 3.59. The molecule has 0 amide bonds. The van der Waals surface area contributed by atoms with Crippen LogP contribution in [0.25, 0.3) is 10.4 Å². The molecule has 2 aromatic heterocycles. The second-order valence-corrected chi connectivity index (χ2v) is 11.7. The molecule has 2 fully saturated rings. The number of benzene rings is 1. The van der Waals surface area contributed by atoms with Gasteiger partial charge in [0.15, 0.2) is 0 Å². The van der Waals surface area contributed by atoms with Crippen molar-refractivity contribution >= 4 is 22.7 Å². The molecule has 5 rings (SSSR count). The summed E-state index contributed by atoms with van der Waals surface area (Å²) < 4.78 is 6.31. The predicted molar refractivity (Wildman–Crippen MR) is 133 cm³/mol. The Morgan fingerprint density at radius 2 is 1.87 bits per heavy atom. The van der Waals surface area contributed by atoms with Gasteiger partial charge in [-0.2, -0.15) is 0 Å². The average molecular weight is 452 g/mol. The zero-order chi connectivity index (χ0) is 21.3. The van der Waals surface area contributed by atoms with Gasteiger partial charge in [-0.05, 0) is 86.5 Å². The molecule has 0 aliphatic carbocycles. The van der Waals surface area contributed by atoms with Crippen LogP contribution < -0.4 is 0 Å². The molecule has 3 aromatic rings. The summed E-state index contributed by atoms with van der Waals surface area (Å²) in [5.41, 5.74) is 3.04. The fraction of sp³-hybridized carbons (Fsp3) is 0.481. The van der Waals surface area contributed by atoms with Gasteiger partial charge in [0, 0.05) is 33.9 Å². The Hall–Kier alpha value is -1.46. The molecular formula is C27H33NOS2. The highest BCUT2D eigenvalue weighted by atomic mass is 32.1. The first-order chi connectivity index (χ1) is 15.1. The summed E-state index contributed by atoms with van der Waals surface area (Å²) in [4.78, 5) is 5.58. The summed E-state index contributed by atoms with van der Waals surface area (Å²) in [7, 11) is 0. The van der Waals surface area contributed by atoms with Crippen LogP contribution >= 0.6 is 22.7 Å². The van der Waals surface area contributed by atoms with E-state index in [9.17, 15) is 0 Å². The van der Waals surface area contributed by atoms with Crippen LogP contribution in [0.2, 0.25) is 0 Å². The summed E-state index contributed by atoms with van der Waals surface area (Å²) in [5.74, 6) is 0. The van der Waals surface area contributed by atoms with Gasteiger partial charge in [-0.1, -0.05) is 36.4 Å². The van der Waals surface area contributed by atoms with Crippen molar-refractivity contribution in [2.24, 2.45) is 5.41 Å². The van der Waals surface area contributed by atoms with Gasteiger partial charge in [-0.3, -0.25) is 4.90 Å². The molecule has 31 heavy (non-hydrogen) atoms. The monoisotopic (exact) mass is 451 g/mol. The van der Waals surface area contributed by atoms with Crippen molar-refractivity contribution in [2.75, 3.05) is 19.7 Å². The zero-order valence-corrected chi connectivity index (χ0v) is 20.3. The Morgan fingerprint density at radius 1 is 1.06 bits per heavy atom. The standard InChI is InChI=1S/C27H33NOS2/c1-26(2,22-11-9-21(10-12-22)24-7-5-19-31-24)28-16-15-27(20-28,25-8-3-17-29-25)14-13-23-6-4-18-30-23/h4-7,9-12,18-19,25H,3,8,13-17,20H2,1-2H3/t25-,27-/m0/s1. The Balaban J connectivity index is 1.34. The minimum absolute atomic E-state index is 0.0251. The van der Waals surface area contributed by atoms with Gasteiger partial charge < -0.3 is 4.74 Å². The molecule has 2 aliphatic heterocycles. The summed E-state index contributed by atoms with van der Waals surface area (Å²) >= 11 is 3.71. The first-order valence-electron chi connectivity index (χ1n) is 11.6. The first-order valence-corrected chi connectivity index (χ1v) is 13.4. The Bertz CT molecular complexity index is 955. The van der Waals surface area contributed by atoms with Gasteiger partial charge in [0.2, 0.25) is 0 Å². The zero-order valence-electron chi connectivity index (χ0n) is 18.7. The fourth-order valence-electron chi connectivity index (χ4n) is 5.56. The van der Waals surface area contributed by atoms with Crippen molar-refractivity contribution in [2.45, 2.75) is 57.6 Å². The molecule has 0 unspecified atom stereocenters. The molecule has 2 saturated heterocycles. The van der Waals surface area contributed by atoms with E-state index in [0.717, 1.165) is 19.7 Å². The molecule has 164 valence electrons. The third-order valence-corrected chi connectivity index (χ3v) is 9.49. The maximum Gasteiger partial charge on any atom is 0.0645 e. The lowest BCUT2D eigenvalue weighted by molar-refractivity contribution is -0.00821. The summed E-state index contributed by atoms with van der Waals surface area (Å²) in [6, 6.07) is 18.1. The van der Waals surface area contributed by atoms with Crippen LogP contribution in [-0.4, -0.2) is 30.7 Å². The number of rotatable bonds is 7. The van der Waals surface area contributed by atoms with Gasteiger partial charge in [0.05, 0.1) is 6.10 Å². The van der Waals surface area contributed by atoms with Crippen LogP contribution in [0, 0.1) is 5.41 Å². The fourth-order valence-corrected chi connectivity index (χ4v) is 7.00. The molecule has 4 heteroatoms. The molecule has 0 spiro atoms. The minimum atomic E-state index is 0.0251. The number of hydrogen-bond acceptors (Lipinski definition) is 4. The topological polar surface area (TPSA) is 12.5 Å². The lowest BCUT2D eigenvalue weighted by atomic mass is 9.75. The maximum absolute atomic E-state index is 6.31. The van der Waals surface area contributed by atoms with E-state index in [1.165, 1.54) is 53.0 Å². The van der Waals surface area contributed by atoms with Crippen LogP contribution in [-0.2, 0) is 16.7 Å². The van der Waals surface area contributed by atoms with Crippen LogP contribution in [0.1, 0.15) is 50.0 Å². The van der Waals surface area contributed by atoms with E-state index in [1.54, 1.807) is 0 Å². The molecule has 0 saturated carbocycles. The summed E-state index contributed by atoms with van der Waals surface area (Å²) in [6.07, 6.45) is 6.55. The highest BCUT2D eigenvalue weighted by molar-refractivity contribution is 7.13. The van der Waals surface area contributed by atoms with Gasteiger partial charge in [0.1, 0.15) is 0 Å². The highest BCUT2D eigenvalue weighted by Gasteiger charge is 2.49. The molecule has 4 heterocycles. The molecule has 1 aromatic carbocycles. The molecule has 2 atom stereocenters. The largest absolute Gasteiger partial charge is 0.378 e. The Labute approximate surface area is 194 Å². The number of hydrogen-bond donors (Lipinski definition) is 0. The highest BCUT2D eigenvalue weighted by Crippen LogP contribution is 2.47. The molecule has 0 bridgehead atoms. The summed E-state index contributed by atoms with van der Waals surface area (Å²) in [6.45, 7) is 8.04. The van der Waals surface area contributed by atoms with Gasteiger partial charge >= 0.3 is 0 Å². The van der Waals surface area contributed by atoms with Crippen molar-refractivity contribution in [3.63, 3.8) is 0 Å². The first kappa shape index (κ1) is 21.4. The Morgan fingerprint density at radius 3 is 2.55 bits per heavy atom. The van der Waals surface area contributed by atoms with Gasteiger partial charge in [0.25, 0.3) is 0 Å². The third-order valence-electron chi connectivity index (χ3n) is 7.64. The van der Waals surface area contributed by atoms with Crippen LogP contribution in [0.5, 0.6) is 0 Å². The van der Waals surface area contributed by atoms with Crippen LogP contribution in [0.4, 0.5) is 0 Å². The Kier molecular flexibility index (Phi) is 6.09. The molecule has 2 nitrogen and oxygen atoms in total. The van der Waals surface area contributed by atoms with Gasteiger partial charge in [-0.15, -0.1) is 22.7 Å². The minimum Gasteiger partial charge on any atom is -0.378 e. The van der Waals surface area contributed by atoms with E-state index in [-0.39, 0.29) is 11.0 Å². The van der Waals surface area contributed by atoms with Gasteiger partial charge in [-0.25, -0.2) is 0 Å². The van der Waals surface area contributed by atoms with Crippen molar-refractivity contribution < 1.29 is 4.74 Å². The lowest BCUT2D eigenvalue weighted by Gasteiger charge is -2.40. The second kappa shape index (κ2) is 8.82. The van der Waals surface area contributed by atoms with Crippen LogP contribution in [0.15, 0.2) is 59.3 Å². The number of ether oxygens (including phenoxy) is 1. The van der Waals surface area contributed by atoms with E-state index in [1.807, 2.05) is 22.7 Å². The molecule has 0 N–H and O–H groups in total. The van der Waals surface area contributed by atoms with E-state index < -0.39 is 0 Å². The SMILES string of the molecule is CC(C)(c1ccc(-c2cccs2)cc1)N1CC[C@](CCc2cccs2)([C@@H]2CCCO2)C1. The molecule has 2 aliphatic rings. The quantitative estimate of drug-likeness (QED) is 0.376. The normalized spacial score (nSPS) is 24.8. The number of aryl methyl sites for hydroxylation is 1. The van der Waals surface area contributed by atoms with Crippen molar-refractivity contribution in [1.82, 2.24) is 4.90 Å². The van der Waals surface area contributed by atoms with Crippen molar-refractivity contribution in [1.29, 1.82) is 0 Å². The van der Waals surface area contributed by atoms with Crippen molar-refractivity contribution in [3.8, 4) is 10.4 Å². The summed E-state index contributed by atoms with van der Waals surface area (Å²) in [5, 5.41) is 4.36. The number of thiophene rings is 2. The maximum atomic E-state index is 6.31. The van der Waals surface area contributed by atoms with Crippen molar-refractivity contribution in [3.05, 3.63) is 69.7 Å². The van der Waals surface area contributed by atoms with E-state index in [4.69, 9.17) is 4.74 Å². The molecule has 0 radical (unpaired) electrons. The van der Waals surface area contributed by atoms with E-state index in [2.05, 4.69) is 78.0 Å². The van der Waals surface area contributed by atoms with E-state index >= 15 is 0 Å². The second-order valence-electron chi connectivity index (χ2n) is 9.73. The lowest BCUT2D eigenvalue weighted by Crippen LogP contribution is -2.44. The smallest absolute Gasteiger partial charge is 0.0645 e. The number of likely N-dealkylation sites (tertiary alicyclic amines) is 1. The third kappa shape index (κ3) is 4.28. The van der Waals surface area contributed by atoms with Crippen LogP contribution in [0.3, 0.4) is 0 Å². The predicted octanol–water partition coefficient (Wildman–Crippen LogP) is 7.22. The van der Waals surface area contributed by atoms with E-state index in [0.29, 0.717) is 6.10 Å².